The number of allylic oxidation sites excluding steroid dienone is 3. The van der Waals surface area contributed by atoms with E-state index in [1.807, 2.05) is 43.4 Å². The van der Waals surface area contributed by atoms with Gasteiger partial charge in [-0.2, -0.15) is 0 Å². The molecular formula is C15H14. The van der Waals surface area contributed by atoms with E-state index in [1.165, 1.54) is 5.56 Å². The number of hydrogen-bond acceptors (Lipinski definition) is 0. The predicted octanol–water partition coefficient (Wildman–Crippen LogP) is 3.69. The van der Waals surface area contributed by atoms with Crippen LogP contribution in [0, 0.1) is 11.8 Å². The molecule has 0 bridgehead atoms. The third-order valence-electron chi connectivity index (χ3n) is 2.01. The fourth-order valence-corrected chi connectivity index (χ4v) is 1.30. The van der Waals surface area contributed by atoms with Gasteiger partial charge in [0, 0.05) is 5.92 Å². The highest BCUT2D eigenvalue weighted by Crippen LogP contribution is 2.17. The maximum Gasteiger partial charge on any atom is 0.0283 e. The smallest absolute Gasteiger partial charge is 0.0283 e. The van der Waals surface area contributed by atoms with Crippen molar-refractivity contribution in [3.63, 3.8) is 0 Å². The van der Waals surface area contributed by atoms with Crippen molar-refractivity contribution in [1.29, 1.82) is 0 Å². The molecule has 0 saturated heterocycles. The van der Waals surface area contributed by atoms with E-state index in [1.54, 1.807) is 0 Å². The molecule has 0 nitrogen and oxygen atoms in total. The van der Waals surface area contributed by atoms with Crippen molar-refractivity contribution in [1.82, 2.24) is 0 Å². The van der Waals surface area contributed by atoms with Gasteiger partial charge < -0.3 is 0 Å². The molecule has 0 N–H and O–H groups in total. The van der Waals surface area contributed by atoms with Crippen molar-refractivity contribution >= 4 is 0 Å². The Bertz CT molecular complexity index is 420. The molecule has 0 spiro atoms. The highest BCUT2D eigenvalue weighted by Gasteiger charge is 2.01. The Morgan fingerprint density at radius 1 is 1.27 bits per heavy atom. The standard InChI is InChI=1S/C15H14/c1-3-5-7-11-14(10-4-2)15-12-8-6-9-13-15/h6-14H,2H2,1H3. The second-order valence-electron chi connectivity index (χ2n) is 3.06. The van der Waals surface area contributed by atoms with Crippen LogP contribution >= 0.6 is 0 Å². The lowest BCUT2D eigenvalue weighted by Gasteiger charge is -2.05. The molecule has 0 aliphatic heterocycles. The first-order chi connectivity index (χ1) is 7.38. The Morgan fingerprint density at radius 3 is 2.60 bits per heavy atom. The summed E-state index contributed by atoms with van der Waals surface area (Å²) in [7, 11) is 0. The topological polar surface area (TPSA) is 0 Å². The molecule has 1 rings (SSSR count). The van der Waals surface area contributed by atoms with E-state index in [0.717, 1.165) is 0 Å². The van der Waals surface area contributed by atoms with Gasteiger partial charge in [0.1, 0.15) is 0 Å². The minimum absolute atomic E-state index is 0.213. The first kappa shape index (κ1) is 11.1. The minimum atomic E-state index is 0.213. The fourth-order valence-electron chi connectivity index (χ4n) is 1.30. The van der Waals surface area contributed by atoms with E-state index in [4.69, 9.17) is 0 Å². The van der Waals surface area contributed by atoms with E-state index < -0.39 is 0 Å². The lowest BCUT2D eigenvalue weighted by atomic mass is 9.99. The van der Waals surface area contributed by atoms with Crippen LogP contribution in [0.15, 0.2) is 60.9 Å². The van der Waals surface area contributed by atoms with Crippen LogP contribution in [0.25, 0.3) is 0 Å². The van der Waals surface area contributed by atoms with Crippen LogP contribution in [0.2, 0.25) is 0 Å². The zero-order valence-corrected chi connectivity index (χ0v) is 8.90. The molecule has 0 aromatic heterocycles. The summed E-state index contributed by atoms with van der Waals surface area (Å²) in [6.45, 7) is 5.43. The molecule has 0 aliphatic rings. The van der Waals surface area contributed by atoms with Gasteiger partial charge in [-0.05, 0) is 24.6 Å². The third-order valence-corrected chi connectivity index (χ3v) is 2.01. The molecule has 1 aromatic carbocycles. The molecule has 1 aromatic rings. The SMILES string of the molecule is C=C=CC(C=CC#CC)c1ccccc1. The Labute approximate surface area is 91.6 Å². The largest absolute Gasteiger partial charge is 0.132 e. The molecular weight excluding hydrogens is 180 g/mol. The molecule has 0 radical (unpaired) electrons. The quantitative estimate of drug-likeness (QED) is 0.508. The van der Waals surface area contributed by atoms with Crippen molar-refractivity contribution in [3.05, 3.63) is 66.4 Å². The average molecular weight is 194 g/mol. The van der Waals surface area contributed by atoms with E-state index in [-0.39, 0.29) is 5.92 Å². The molecule has 74 valence electrons. The minimum Gasteiger partial charge on any atom is -0.132 e. The fraction of sp³-hybridized carbons (Fsp3) is 0.133. The lowest BCUT2D eigenvalue weighted by Crippen LogP contribution is -1.89. The van der Waals surface area contributed by atoms with Gasteiger partial charge in [-0.25, -0.2) is 0 Å². The van der Waals surface area contributed by atoms with Gasteiger partial charge in [0.25, 0.3) is 0 Å². The predicted molar refractivity (Wildman–Crippen MR) is 65.5 cm³/mol. The van der Waals surface area contributed by atoms with Crippen LogP contribution in [0.3, 0.4) is 0 Å². The molecule has 0 saturated carbocycles. The molecule has 1 unspecified atom stereocenters. The number of rotatable bonds is 3. The van der Waals surface area contributed by atoms with Gasteiger partial charge in [-0.3, -0.25) is 0 Å². The second kappa shape index (κ2) is 6.49. The van der Waals surface area contributed by atoms with Gasteiger partial charge in [0.2, 0.25) is 0 Å². The Morgan fingerprint density at radius 2 is 2.00 bits per heavy atom. The van der Waals surface area contributed by atoms with Crippen LogP contribution in [-0.2, 0) is 0 Å². The van der Waals surface area contributed by atoms with Crippen LogP contribution < -0.4 is 0 Å². The third kappa shape index (κ3) is 3.73. The number of hydrogen-bond donors (Lipinski definition) is 0. The molecule has 0 amide bonds. The van der Waals surface area contributed by atoms with Crippen molar-refractivity contribution in [2.24, 2.45) is 0 Å². The average Bonchev–Trinajstić information content (AvgIpc) is 2.29. The monoisotopic (exact) mass is 194 g/mol. The van der Waals surface area contributed by atoms with Crippen molar-refractivity contribution in [2.45, 2.75) is 12.8 Å². The molecule has 15 heavy (non-hydrogen) atoms. The van der Waals surface area contributed by atoms with Crippen molar-refractivity contribution in [2.75, 3.05) is 0 Å². The molecule has 0 fully saturated rings. The van der Waals surface area contributed by atoms with Crippen LogP contribution in [-0.4, -0.2) is 0 Å². The maximum atomic E-state index is 3.60. The first-order valence-corrected chi connectivity index (χ1v) is 4.88. The van der Waals surface area contributed by atoms with Gasteiger partial charge in [-0.1, -0.05) is 48.9 Å². The maximum absolute atomic E-state index is 3.60. The van der Waals surface area contributed by atoms with Gasteiger partial charge in [-0.15, -0.1) is 11.7 Å². The zero-order chi connectivity index (χ0) is 10.9. The molecule has 1 atom stereocenters. The summed E-state index contributed by atoms with van der Waals surface area (Å²) in [5.41, 5.74) is 4.04. The van der Waals surface area contributed by atoms with E-state index in [9.17, 15) is 0 Å². The lowest BCUT2D eigenvalue weighted by molar-refractivity contribution is 1.09. The van der Waals surface area contributed by atoms with E-state index in [2.05, 4.69) is 36.3 Å². The summed E-state index contributed by atoms with van der Waals surface area (Å²) in [4.78, 5) is 0. The Kier molecular flexibility index (Phi) is 4.81. The van der Waals surface area contributed by atoms with Crippen LogP contribution in [0.1, 0.15) is 18.4 Å². The van der Waals surface area contributed by atoms with Gasteiger partial charge in [0.05, 0.1) is 0 Å². The van der Waals surface area contributed by atoms with Gasteiger partial charge >= 0.3 is 0 Å². The Hall–Kier alpha value is -1.96. The van der Waals surface area contributed by atoms with E-state index >= 15 is 0 Å². The Balaban J connectivity index is 2.91. The van der Waals surface area contributed by atoms with Crippen molar-refractivity contribution < 1.29 is 0 Å². The summed E-state index contributed by atoms with van der Waals surface area (Å²) < 4.78 is 0. The van der Waals surface area contributed by atoms with Crippen LogP contribution in [0.5, 0.6) is 0 Å². The second-order valence-corrected chi connectivity index (χ2v) is 3.06. The molecule has 0 heterocycles. The van der Waals surface area contributed by atoms with E-state index in [0.29, 0.717) is 0 Å². The summed E-state index contributed by atoms with van der Waals surface area (Å²) in [6, 6.07) is 10.2. The first-order valence-electron chi connectivity index (χ1n) is 4.88. The highest BCUT2D eigenvalue weighted by atomic mass is 14.0. The summed E-state index contributed by atoms with van der Waals surface area (Å²) >= 11 is 0. The zero-order valence-electron chi connectivity index (χ0n) is 8.90. The molecule has 0 heteroatoms. The summed E-state index contributed by atoms with van der Waals surface area (Å²) in [6.07, 6.45) is 5.85. The van der Waals surface area contributed by atoms with Crippen LogP contribution in [0.4, 0.5) is 0 Å². The molecule has 0 aliphatic carbocycles. The van der Waals surface area contributed by atoms with Crippen molar-refractivity contribution in [3.8, 4) is 11.8 Å². The highest BCUT2D eigenvalue weighted by molar-refractivity contribution is 5.30. The van der Waals surface area contributed by atoms with Gasteiger partial charge in [0.15, 0.2) is 0 Å². The number of benzene rings is 1. The summed E-state index contributed by atoms with van der Waals surface area (Å²) in [5, 5.41) is 0. The summed E-state index contributed by atoms with van der Waals surface area (Å²) in [5.74, 6) is 5.95. The normalized spacial score (nSPS) is 11.3.